The van der Waals surface area contributed by atoms with Gasteiger partial charge in [-0.3, -0.25) is 9.11 Å². The first-order valence-electron chi connectivity index (χ1n) is 7.84. The lowest BCUT2D eigenvalue weighted by Crippen LogP contribution is -2.56. The third kappa shape index (κ3) is 8.84. The van der Waals surface area contributed by atoms with E-state index in [0.29, 0.717) is 0 Å². The second kappa shape index (κ2) is 11.8. The minimum atomic E-state index is -6.41. The van der Waals surface area contributed by atoms with Crippen LogP contribution < -0.4 is 0 Å². The number of rotatable bonds is 7. The summed E-state index contributed by atoms with van der Waals surface area (Å²) in [6.45, 7) is -0.757. The number of aliphatic hydroxyl groups excluding tert-OH is 2. The average Bonchev–Trinajstić information content (AvgIpc) is 2.56. The zero-order valence-corrected chi connectivity index (χ0v) is 18.2. The molecule has 8 nitrogen and oxygen atoms in total. The molecule has 0 radical (unpaired) electrons. The molecule has 0 amide bonds. The Balaban J connectivity index is -0.000000458. The zero-order valence-electron chi connectivity index (χ0n) is 16.6. The van der Waals surface area contributed by atoms with E-state index in [2.05, 4.69) is 0 Å². The van der Waals surface area contributed by atoms with Crippen LogP contribution in [-0.4, -0.2) is 83.6 Å². The number of halogens is 12. The molecule has 0 aromatic heterocycles. The Labute approximate surface area is 184 Å². The summed E-state index contributed by atoms with van der Waals surface area (Å²) in [7, 11) is -12.4. The van der Waals surface area contributed by atoms with Crippen LogP contribution in [0.4, 0.5) is 52.7 Å². The van der Waals surface area contributed by atoms with Crippen LogP contribution in [0.2, 0.25) is 0 Å². The monoisotopic (exact) mass is 582 g/mol. The van der Waals surface area contributed by atoms with Crippen molar-refractivity contribution >= 4 is 20.2 Å². The van der Waals surface area contributed by atoms with Crippen molar-refractivity contribution in [1.82, 2.24) is 0 Å². The van der Waals surface area contributed by atoms with E-state index < -0.39 is 68.3 Å². The molecule has 0 aliphatic heterocycles. The van der Waals surface area contributed by atoms with E-state index >= 15 is 0 Å². The first kappa shape index (κ1) is 37.4. The number of aliphatic hydroxyl groups is 2. The van der Waals surface area contributed by atoms with Crippen LogP contribution in [0.25, 0.3) is 0 Å². The Morgan fingerprint density at radius 1 is 0.529 bits per heavy atom. The van der Waals surface area contributed by atoms with Crippen LogP contribution in [0.3, 0.4) is 0 Å². The topological polar surface area (TPSA) is 149 Å². The summed E-state index contributed by atoms with van der Waals surface area (Å²) in [5, 5.41) is 5.95. The second-order valence-corrected chi connectivity index (χ2v) is 9.52. The minimum absolute atomic E-state index is 0.195. The maximum Gasteiger partial charge on any atom is 0.458 e. The van der Waals surface area contributed by atoms with Gasteiger partial charge in [0, 0.05) is 13.2 Å². The highest BCUT2D eigenvalue weighted by Crippen LogP contribution is 2.48. The summed E-state index contributed by atoms with van der Waals surface area (Å²) in [5.74, 6) is -12.4. The first-order chi connectivity index (χ1) is 14.4. The van der Waals surface area contributed by atoms with Gasteiger partial charge in [0.15, 0.2) is 0 Å². The van der Waals surface area contributed by atoms with Gasteiger partial charge in [-0.25, -0.2) is 8.78 Å². The Kier molecular flexibility index (Phi) is 12.9. The minimum Gasteiger partial charge on any atom is -0.396 e. The van der Waals surface area contributed by atoms with Gasteiger partial charge in [0.25, 0.3) is 0 Å². The van der Waals surface area contributed by atoms with E-state index in [1.54, 1.807) is 0 Å². The molecular formula is C12H18F12O8S2. The van der Waals surface area contributed by atoms with Crippen LogP contribution in [-0.2, 0) is 20.2 Å². The molecule has 0 saturated carbocycles. The molecule has 210 valence electrons. The van der Waals surface area contributed by atoms with Gasteiger partial charge in [-0.15, -0.1) is 0 Å². The smallest absolute Gasteiger partial charge is 0.396 e. The average molecular weight is 582 g/mol. The van der Waals surface area contributed by atoms with Crippen LogP contribution in [0.1, 0.15) is 26.7 Å². The lowest BCUT2D eigenvalue weighted by molar-refractivity contribution is -0.309. The fraction of sp³-hybridized carbons (Fsp3) is 1.00. The van der Waals surface area contributed by atoms with E-state index in [4.69, 9.17) is 19.3 Å². The summed E-state index contributed by atoms with van der Waals surface area (Å²) in [6, 6.07) is 0. The summed E-state index contributed by atoms with van der Waals surface area (Å²) in [5.41, 5.74) is 0. The largest absolute Gasteiger partial charge is 0.458 e. The normalized spacial score (nSPS) is 17.4. The van der Waals surface area contributed by atoms with Crippen molar-refractivity contribution in [2.45, 2.75) is 60.9 Å². The molecule has 0 aliphatic rings. The van der Waals surface area contributed by atoms with E-state index in [-0.39, 0.29) is 13.2 Å². The lowest BCUT2D eigenvalue weighted by Gasteiger charge is -2.28. The van der Waals surface area contributed by atoms with Crippen molar-refractivity contribution < 1.29 is 88.8 Å². The predicted molar refractivity (Wildman–Crippen MR) is 87.5 cm³/mol. The maximum atomic E-state index is 12.6. The highest BCUT2D eigenvalue weighted by atomic mass is 32.2. The number of unbranched alkanes of at least 4 members (excludes halogenated alkanes) is 1. The van der Waals surface area contributed by atoms with Crippen LogP contribution >= 0.6 is 0 Å². The highest BCUT2D eigenvalue weighted by Gasteiger charge is 2.75. The Bertz CT molecular complexity index is 762. The van der Waals surface area contributed by atoms with Crippen molar-refractivity contribution in [3.8, 4) is 0 Å². The molecule has 22 heteroatoms. The Hall–Kier alpha value is -1.10. The molecule has 0 spiro atoms. The van der Waals surface area contributed by atoms with Crippen molar-refractivity contribution in [3.63, 3.8) is 0 Å². The van der Waals surface area contributed by atoms with Crippen LogP contribution in [0.15, 0.2) is 0 Å². The summed E-state index contributed by atoms with van der Waals surface area (Å²) < 4.78 is 198. The maximum absolute atomic E-state index is 12.6. The van der Waals surface area contributed by atoms with Gasteiger partial charge in [0.05, 0.1) is 0 Å². The summed E-state index contributed by atoms with van der Waals surface area (Å²) in [4.78, 5) is 0. The molecule has 2 unspecified atom stereocenters. The molecule has 0 aromatic carbocycles. The van der Waals surface area contributed by atoms with Gasteiger partial charge in [-0.2, -0.15) is 60.7 Å². The molecule has 0 bridgehead atoms. The van der Waals surface area contributed by atoms with Crippen molar-refractivity contribution in [2.24, 2.45) is 0 Å². The van der Waals surface area contributed by atoms with Gasteiger partial charge >= 0.3 is 54.4 Å². The van der Waals surface area contributed by atoms with Gasteiger partial charge in [0.1, 0.15) is 0 Å². The molecule has 0 aromatic rings. The summed E-state index contributed by atoms with van der Waals surface area (Å²) in [6.07, 6.45) is -11.4. The third-order valence-corrected chi connectivity index (χ3v) is 5.82. The van der Waals surface area contributed by atoms with E-state index in [9.17, 15) is 69.5 Å². The van der Waals surface area contributed by atoms with Crippen LogP contribution in [0, 0.1) is 0 Å². The first-order valence-corrected chi connectivity index (χ1v) is 10.7. The van der Waals surface area contributed by atoms with E-state index in [1.807, 2.05) is 0 Å². The number of alkyl halides is 12. The molecule has 2 atom stereocenters. The molecule has 0 saturated heterocycles. The van der Waals surface area contributed by atoms with Gasteiger partial charge in [0.2, 0.25) is 0 Å². The fourth-order valence-corrected chi connectivity index (χ4v) is 1.93. The van der Waals surface area contributed by atoms with Crippen LogP contribution in [0.5, 0.6) is 0 Å². The van der Waals surface area contributed by atoms with Gasteiger partial charge < -0.3 is 10.2 Å². The Morgan fingerprint density at radius 3 is 0.765 bits per heavy atom. The highest BCUT2D eigenvalue weighted by molar-refractivity contribution is 7.87. The van der Waals surface area contributed by atoms with E-state index in [1.165, 1.54) is 0 Å². The molecule has 34 heavy (non-hydrogen) atoms. The lowest BCUT2D eigenvalue weighted by atomic mass is 10.2. The van der Waals surface area contributed by atoms with Gasteiger partial charge in [-0.1, -0.05) is 0 Å². The van der Waals surface area contributed by atoms with Crippen molar-refractivity contribution in [2.75, 3.05) is 13.2 Å². The quantitative estimate of drug-likeness (QED) is 0.203. The standard InChI is InChI=1S/2C4H4F6O3S.C4H10O2/c2*1-2(5,14(11,12)13)3(6,7)4(8,9)10;5-3-1-2-4-6/h2*1H3,(H,11,12,13);5-6H,1-4H2. The molecule has 0 aliphatic carbocycles. The summed E-state index contributed by atoms with van der Waals surface area (Å²) >= 11 is 0. The predicted octanol–water partition coefficient (Wildman–Crippen LogP) is 3.27. The molecule has 0 heterocycles. The van der Waals surface area contributed by atoms with Gasteiger partial charge in [-0.05, 0) is 26.7 Å². The van der Waals surface area contributed by atoms with E-state index in [0.717, 1.165) is 12.8 Å². The molecule has 4 N–H and O–H groups in total. The molecule has 0 fully saturated rings. The molecule has 0 rings (SSSR count). The zero-order chi connectivity index (χ0) is 28.8. The Morgan fingerprint density at radius 2 is 0.706 bits per heavy atom. The number of hydrogen-bond acceptors (Lipinski definition) is 6. The second-order valence-electron chi connectivity index (χ2n) is 6.08. The van der Waals surface area contributed by atoms with Crippen molar-refractivity contribution in [1.29, 1.82) is 0 Å². The van der Waals surface area contributed by atoms with Crippen molar-refractivity contribution in [3.05, 3.63) is 0 Å². The third-order valence-electron chi connectivity index (χ3n) is 3.37. The fourth-order valence-electron chi connectivity index (χ4n) is 1.05. The SMILES string of the molecule is CC(F)(C(F)(F)C(F)(F)F)S(=O)(=O)O.CC(F)(C(F)(F)C(F)(F)F)S(=O)(=O)O.OCCCCO. The number of hydrogen-bond donors (Lipinski definition) is 4. The molecular weight excluding hydrogens is 564 g/mol.